The van der Waals surface area contributed by atoms with Crippen molar-refractivity contribution in [1.82, 2.24) is 10.6 Å². The molecule has 0 aliphatic heterocycles. The fourth-order valence-corrected chi connectivity index (χ4v) is 2.44. The van der Waals surface area contributed by atoms with Crippen molar-refractivity contribution in [2.45, 2.75) is 38.8 Å². The molecule has 1 aromatic heterocycles. The molecule has 2 rings (SSSR count). The number of carboxylic acids is 1. The largest absolute Gasteiger partial charge is 0.481 e. The van der Waals surface area contributed by atoms with E-state index >= 15 is 0 Å². The van der Waals surface area contributed by atoms with E-state index < -0.39 is 11.4 Å². The molecule has 1 aliphatic rings. The van der Waals surface area contributed by atoms with Crippen LogP contribution in [0.25, 0.3) is 0 Å². The van der Waals surface area contributed by atoms with Gasteiger partial charge in [-0.15, -0.1) is 0 Å². The average Bonchev–Trinajstić information content (AvgIpc) is 2.98. The van der Waals surface area contributed by atoms with Crippen molar-refractivity contribution in [1.29, 1.82) is 0 Å². The molecule has 0 saturated heterocycles. The molecule has 2 amide bonds. The monoisotopic (exact) mass is 266 g/mol. The van der Waals surface area contributed by atoms with Gasteiger partial charge in [-0.05, 0) is 31.9 Å². The lowest BCUT2D eigenvalue weighted by molar-refractivity contribution is -0.148. The van der Waals surface area contributed by atoms with Gasteiger partial charge < -0.3 is 20.2 Å². The standard InChI is InChI=1S/C13H18N2O4/c1-13(11(16)17)6-2-5-10(13)15-12(18)14-8-9-4-3-7-19-9/h3-4,7,10H,2,5-6,8H2,1H3,(H,16,17)(H2,14,15,18). The lowest BCUT2D eigenvalue weighted by Gasteiger charge is -2.27. The number of carbonyl (C=O) groups is 2. The molecule has 2 atom stereocenters. The van der Waals surface area contributed by atoms with Crippen LogP contribution in [0.3, 0.4) is 0 Å². The first-order valence-corrected chi connectivity index (χ1v) is 6.32. The Morgan fingerprint density at radius 2 is 2.37 bits per heavy atom. The third-order valence-corrected chi connectivity index (χ3v) is 3.76. The molecule has 0 bridgehead atoms. The van der Waals surface area contributed by atoms with Crippen molar-refractivity contribution < 1.29 is 19.1 Å². The molecule has 1 saturated carbocycles. The van der Waals surface area contributed by atoms with Crippen LogP contribution in [0.5, 0.6) is 0 Å². The predicted molar refractivity (Wildman–Crippen MR) is 67.5 cm³/mol. The van der Waals surface area contributed by atoms with E-state index in [4.69, 9.17) is 4.42 Å². The van der Waals surface area contributed by atoms with Crippen molar-refractivity contribution in [3.05, 3.63) is 24.2 Å². The van der Waals surface area contributed by atoms with Crippen LogP contribution in [-0.4, -0.2) is 23.1 Å². The maximum atomic E-state index is 11.7. The van der Waals surface area contributed by atoms with Crippen LogP contribution >= 0.6 is 0 Å². The Balaban J connectivity index is 1.86. The molecule has 6 nitrogen and oxygen atoms in total. The predicted octanol–water partition coefficient (Wildman–Crippen LogP) is 1.72. The number of nitrogens with one attached hydrogen (secondary N) is 2. The minimum Gasteiger partial charge on any atom is -0.481 e. The number of carboxylic acid groups (broad SMARTS) is 1. The van der Waals surface area contributed by atoms with Crippen molar-refractivity contribution in [2.75, 3.05) is 0 Å². The summed E-state index contributed by atoms with van der Waals surface area (Å²) >= 11 is 0. The molecular weight excluding hydrogens is 248 g/mol. The molecule has 3 N–H and O–H groups in total. The third kappa shape index (κ3) is 2.89. The zero-order valence-corrected chi connectivity index (χ0v) is 10.8. The molecular formula is C13H18N2O4. The van der Waals surface area contributed by atoms with Crippen LogP contribution in [0.4, 0.5) is 4.79 Å². The number of amides is 2. The highest BCUT2D eigenvalue weighted by molar-refractivity contribution is 5.79. The molecule has 1 aromatic rings. The lowest BCUT2D eigenvalue weighted by Crippen LogP contribution is -2.50. The van der Waals surface area contributed by atoms with Crippen molar-refractivity contribution in [3.8, 4) is 0 Å². The zero-order valence-electron chi connectivity index (χ0n) is 10.8. The first kappa shape index (κ1) is 13.5. The molecule has 1 heterocycles. The number of urea groups is 1. The van der Waals surface area contributed by atoms with Gasteiger partial charge >= 0.3 is 12.0 Å². The molecule has 19 heavy (non-hydrogen) atoms. The van der Waals surface area contributed by atoms with Gasteiger partial charge in [0.15, 0.2) is 0 Å². The minimum atomic E-state index is -0.873. The molecule has 6 heteroatoms. The Labute approximate surface area is 111 Å². The van der Waals surface area contributed by atoms with Crippen molar-refractivity contribution in [3.63, 3.8) is 0 Å². The SMILES string of the molecule is CC1(C(=O)O)CCCC1NC(=O)NCc1ccco1. The first-order valence-electron chi connectivity index (χ1n) is 6.32. The van der Waals surface area contributed by atoms with Crippen LogP contribution in [0.15, 0.2) is 22.8 Å². The Morgan fingerprint density at radius 3 is 3.00 bits per heavy atom. The summed E-state index contributed by atoms with van der Waals surface area (Å²) in [6.07, 6.45) is 3.63. The summed E-state index contributed by atoms with van der Waals surface area (Å²) in [5.41, 5.74) is -0.873. The van der Waals surface area contributed by atoms with Crippen LogP contribution in [0.1, 0.15) is 31.9 Å². The number of rotatable bonds is 4. The molecule has 2 unspecified atom stereocenters. The van der Waals surface area contributed by atoms with E-state index in [1.807, 2.05) is 0 Å². The fraction of sp³-hybridized carbons (Fsp3) is 0.538. The number of hydrogen-bond acceptors (Lipinski definition) is 3. The Hall–Kier alpha value is -1.98. The summed E-state index contributed by atoms with van der Waals surface area (Å²) in [5.74, 6) is -0.205. The number of carbonyl (C=O) groups excluding carboxylic acids is 1. The van der Waals surface area contributed by atoms with Gasteiger partial charge in [0.1, 0.15) is 5.76 Å². The van der Waals surface area contributed by atoms with E-state index in [-0.39, 0.29) is 18.6 Å². The van der Waals surface area contributed by atoms with Crippen LogP contribution in [0, 0.1) is 5.41 Å². The fourth-order valence-electron chi connectivity index (χ4n) is 2.44. The summed E-state index contributed by atoms with van der Waals surface area (Å²) < 4.78 is 5.10. The van der Waals surface area contributed by atoms with Gasteiger partial charge in [0.2, 0.25) is 0 Å². The number of furan rings is 1. The number of hydrogen-bond donors (Lipinski definition) is 3. The van der Waals surface area contributed by atoms with Crippen molar-refractivity contribution >= 4 is 12.0 Å². The Morgan fingerprint density at radius 1 is 1.58 bits per heavy atom. The van der Waals surface area contributed by atoms with E-state index in [0.29, 0.717) is 18.6 Å². The maximum absolute atomic E-state index is 11.7. The highest BCUT2D eigenvalue weighted by Crippen LogP contribution is 2.38. The summed E-state index contributed by atoms with van der Waals surface area (Å²) in [4.78, 5) is 23.0. The van der Waals surface area contributed by atoms with Crippen LogP contribution in [0.2, 0.25) is 0 Å². The van der Waals surface area contributed by atoms with Gasteiger partial charge in [0.25, 0.3) is 0 Å². The first-order chi connectivity index (χ1) is 9.02. The van der Waals surface area contributed by atoms with Gasteiger partial charge in [-0.25, -0.2) is 4.79 Å². The van der Waals surface area contributed by atoms with E-state index in [9.17, 15) is 14.7 Å². The molecule has 104 valence electrons. The zero-order chi connectivity index (χ0) is 13.9. The van der Waals surface area contributed by atoms with Gasteiger partial charge in [0.05, 0.1) is 18.2 Å². The van der Waals surface area contributed by atoms with Gasteiger partial charge in [-0.1, -0.05) is 6.42 Å². The van der Waals surface area contributed by atoms with Crippen LogP contribution < -0.4 is 10.6 Å². The second-order valence-corrected chi connectivity index (χ2v) is 5.07. The highest BCUT2D eigenvalue weighted by Gasteiger charge is 2.45. The van der Waals surface area contributed by atoms with E-state index in [1.54, 1.807) is 19.1 Å². The van der Waals surface area contributed by atoms with Gasteiger partial charge in [-0.2, -0.15) is 0 Å². The quantitative estimate of drug-likeness (QED) is 0.773. The summed E-state index contributed by atoms with van der Waals surface area (Å²) in [6, 6.07) is 2.81. The van der Waals surface area contributed by atoms with E-state index in [2.05, 4.69) is 10.6 Å². The van der Waals surface area contributed by atoms with E-state index in [0.717, 1.165) is 6.42 Å². The van der Waals surface area contributed by atoms with E-state index in [1.165, 1.54) is 6.26 Å². The molecule has 1 aliphatic carbocycles. The molecule has 1 fully saturated rings. The third-order valence-electron chi connectivity index (χ3n) is 3.76. The maximum Gasteiger partial charge on any atom is 0.315 e. The summed E-state index contributed by atoms with van der Waals surface area (Å²) in [7, 11) is 0. The van der Waals surface area contributed by atoms with Crippen molar-refractivity contribution in [2.24, 2.45) is 5.41 Å². The minimum absolute atomic E-state index is 0.287. The Bertz CT molecular complexity index is 457. The summed E-state index contributed by atoms with van der Waals surface area (Å²) in [6.45, 7) is 1.97. The van der Waals surface area contributed by atoms with Gasteiger partial charge in [-0.3, -0.25) is 4.79 Å². The van der Waals surface area contributed by atoms with Crippen LogP contribution in [-0.2, 0) is 11.3 Å². The second-order valence-electron chi connectivity index (χ2n) is 5.07. The Kier molecular flexibility index (Phi) is 3.78. The highest BCUT2D eigenvalue weighted by atomic mass is 16.4. The smallest absolute Gasteiger partial charge is 0.315 e. The normalized spacial score (nSPS) is 26.1. The molecule has 0 spiro atoms. The molecule has 0 aromatic carbocycles. The molecule has 0 radical (unpaired) electrons. The second kappa shape index (κ2) is 5.34. The average molecular weight is 266 g/mol. The topological polar surface area (TPSA) is 91.6 Å². The number of aliphatic carboxylic acids is 1. The van der Waals surface area contributed by atoms with Gasteiger partial charge in [0, 0.05) is 6.04 Å². The summed E-state index contributed by atoms with van der Waals surface area (Å²) in [5, 5.41) is 14.6. The lowest BCUT2D eigenvalue weighted by atomic mass is 9.85.